The molecule has 4 heteroatoms. The topological polar surface area (TPSA) is 42.7 Å². The molecule has 0 aliphatic carbocycles. The van der Waals surface area contributed by atoms with E-state index in [1.807, 2.05) is 31.0 Å². The molecule has 0 aliphatic heterocycles. The van der Waals surface area contributed by atoms with Gasteiger partial charge in [-0.15, -0.1) is 0 Å². The Bertz CT molecular complexity index is 490. The Balaban J connectivity index is 2.21. The van der Waals surface area contributed by atoms with Gasteiger partial charge in [0, 0.05) is 19.4 Å². The van der Waals surface area contributed by atoms with Crippen molar-refractivity contribution in [2.45, 2.75) is 26.3 Å². The van der Waals surface area contributed by atoms with Gasteiger partial charge < -0.3 is 5.32 Å². The summed E-state index contributed by atoms with van der Waals surface area (Å²) in [7, 11) is 2.00. The van der Waals surface area contributed by atoms with Crippen LogP contribution < -0.4 is 5.32 Å². The van der Waals surface area contributed by atoms with Crippen LogP contribution in [0.15, 0.2) is 30.6 Å². The van der Waals surface area contributed by atoms with Crippen molar-refractivity contribution in [1.82, 2.24) is 20.1 Å². The molecule has 96 valence electrons. The lowest BCUT2D eigenvalue weighted by Crippen LogP contribution is -2.25. The van der Waals surface area contributed by atoms with E-state index >= 15 is 0 Å². The molecule has 0 bridgehead atoms. The van der Waals surface area contributed by atoms with Crippen molar-refractivity contribution in [3.05, 3.63) is 47.5 Å². The summed E-state index contributed by atoms with van der Waals surface area (Å²) in [6.45, 7) is 5.10. The van der Waals surface area contributed by atoms with E-state index in [1.54, 1.807) is 0 Å². The average Bonchev–Trinajstić information content (AvgIpc) is 2.69. The molecule has 0 amide bonds. The van der Waals surface area contributed by atoms with Crippen LogP contribution in [0.5, 0.6) is 0 Å². The van der Waals surface area contributed by atoms with Crippen LogP contribution in [0.4, 0.5) is 0 Å². The number of rotatable bonds is 5. The molecule has 0 aromatic carbocycles. The van der Waals surface area contributed by atoms with E-state index in [0.717, 1.165) is 18.7 Å². The molecule has 0 aliphatic rings. The normalized spacial score (nSPS) is 12.6. The second kappa shape index (κ2) is 5.78. The first-order valence-corrected chi connectivity index (χ1v) is 6.33. The summed E-state index contributed by atoms with van der Waals surface area (Å²) in [5, 5.41) is 7.94. The third kappa shape index (κ3) is 2.96. The fourth-order valence-electron chi connectivity index (χ4n) is 2.24. The number of hydrogen-bond acceptors (Lipinski definition) is 3. The number of likely N-dealkylation sites (N-methyl/N-ethyl adjacent to an activating group) is 1. The van der Waals surface area contributed by atoms with E-state index in [1.165, 1.54) is 11.3 Å². The predicted octanol–water partition coefficient (Wildman–Crippen LogP) is 2.02. The van der Waals surface area contributed by atoms with Crippen LogP contribution in [0.25, 0.3) is 0 Å². The van der Waals surface area contributed by atoms with Crippen LogP contribution in [0.1, 0.15) is 29.9 Å². The lowest BCUT2D eigenvalue weighted by Gasteiger charge is -2.18. The molecule has 0 saturated heterocycles. The summed E-state index contributed by atoms with van der Waals surface area (Å²) >= 11 is 0. The Morgan fingerprint density at radius 3 is 2.61 bits per heavy atom. The highest BCUT2D eigenvalue weighted by Crippen LogP contribution is 2.18. The highest BCUT2D eigenvalue weighted by molar-refractivity contribution is 5.18. The highest BCUT2D eigenvalue weighted by atomic mass is 15.3. The van der Waals surface area contributed by atoms with Gasteiger partial charge in [-0.25, -0.2) is 0 Å². The number of nitrogens with zero attached hydrogens (tertiary/aromatic N) is 3. The molecule has 2 aromatic heterocycles. The van der Waals surface area contributed by atoms with Crippen LogP contribution in [0.2, 0.25) is 0 Å². The minimum atomic E-state index is 0.295. The lowest BCUT2D eigenvalue weighted by molar-refractivity contribution is 0.507. The molecule has 18 heavy (non-hydrogen) atoms. The zero-order valence-electron chi connectivity index (χ0n) is 11.2. The summed E-state index contributed by atoms with van der Waals surface area (Å²) in [5.41, 5.74) is 3.58. The van der Waals surface area contributed by atoms with Crippen LogP contribution in [0.3, 0.4) is 0 Å². The first-order chi connectivity index (χ1) is 8.70. The maximum Gasteiger partial charge on any atom is 0.0597 e. The van der Waals surface area contributed by atoms with E-state index in [9.17, 15) is 0 Å². The highest BCUT2D eigenvalue weighted by Gasteiger charge is 2.15. The van der Waals surface area contributed by atoms with Crippen molar-refractivity contribution in [2.24, 2.45) is 7.05 Å². The van der Waals surface area contributed by atoms with Gasteiger partial charge in [0.2, 0.25) is 0 Å². The van der Waals surface area contributed by atoms with Crippen LogP contribution in [-0.4, -0.2) is 21.3 Å². The first kappa shape index (κ1) is 12.8. The second-order valence-corrected chi connectivity index (χ2v) is 4.50. The fraction of sp³-hybridized carbons (Fsp3) is 0.429. The third-order valence-electron chi connectivity index (χ3n) is 3.03. The molecule has 1 unspecified atom stereocenters. The van der Waals surface area contributed by atoms with E-state index < -0.39 is 0 Å². The standard InChI is InChI=1S/C14H20N4/c1-4-16-13(10-12-5-7-15-8-6-12)14-9-11(2)17-18(14)3/h5-9,13,16H,4,10H2,1-3H3. The minimum Gasteiger partial charge on any atom is -0.309 e. The molecule has 0 fully saturated rings. The van der Waals surface area contributed by atoms with Crippen LogP contribution in [0, 0.1) is 6.92 Å². The quantitative estimate of drug-likeness (QED) is 0.875. The van der Waals surface area contributed by atoms with Gasteiger partial charge in [-0.2, -0.15) is 5.10 Å². The Kier molecular flexibility index (Phi) is 4.10. The van der Waals surface area contributed by atoms with Gasteiger partial charge in [-0.1, -0.05) is 6.92 Å². The van der Waals surface area contributed by atoms with Gasteiger partial charge in [0.15, 0.2) is 0 Å². The van der Waals surface area contributed by atoms with Gasteiger partial charge in [0.1, 0.15) is 0 Å². The minimum absolute atomic E-state index is 0.295. The van der Waals surface area contributed by atoms with Crippen molar-refractivity contribution in [2.75, 3.05) is 6.54 Å². The summed E-state index contributed by atoms with van der Waals surface area (Å²) in [6.07, 6.45) is 4.63. The molecular formula is C14H20N4. The Morgan fingerprint density at radius 2 is 2.06 bits per heavy atom. The molecule has 0 spiro atoms. The van der Waals surface area contributed by atoms with E-state index in [-0.39, 0.29) is 0 Å². The summed E-state index contributed by atoms with van der Waals surface area (Å²) < 4.78 is 1.96. The van der Waals surface area contributed by atoms with Crippen molar-refractivity contribution < 1.29 is 0 Å². The van der Waals surface area contributed by atoms with Crippen molar-refractivity contribution in [3.63, 3.8) is 0 Å². The number of aryl methyl sites for hydroxylation is 2. The van der Waals surface area contributed by atoms with Gasteiger partial charge in [0.05, 0.1) is 17.4 Å². The summed E-state index contributed by atoms with van der Waals surface area (Å²) in [4.78, 5) is 4.06. The van der Waals surface area contributed by atoms with Crippen molar-refractivity contribution >= 4 is 0 Å². The fourth-order valence-corrected chi connectivity index (χ4v) is 2.24. The molecule has 4 nitrogen and oxygen atoms in total. The molecule has 0 radical (unpaired) electrons. The SMILES string of the molecule is CCNC(Cc1ccncc1)c1cc(C)nn1C. The predicted molar refractivity (Wildman–Crippen MR) is 72.3 cm³/mol. The monoisotopic (exact) mass is 244 g/mol. The number of hydrogen-bond donors (Lipinski definition) is 1. The summed E-state index contributed by atoms with van der Waals surface area (Å²) in [5.74, 6) is 0. The molecule has 2 heterocycles. The molecule has 2 aromatic rings. The largest absolute Gasteiger partial charge is 0.309 e. The van der Waals surface area contributed by atoms with Crippen molar-refractivity contribution in [3.8, 4) is 0 Å². The Hall–Kier alpha value is -1.68. The van der Waals surface area contributed by atoms with Crippen LogP contribution in [-0.2, 0) is 13.5 Å². The van der Waals surface area contributed by atoms with Gasteiger partial charge in [0.25, 0.3) is 0 Å². The zero-order chi connectivity index (χ0) is 13.0. The maximum absolute atomic E-state index is 4.42. The van der Waals surface area contributed by atoms with Gasteiger partial charge in [-0.05, 0) is 43.7 Å². The smallest absolute Gasteiger partial charge is 0.0597 e. The van der Waals surface area contributed by atoms with Crippen molar-refractivity contribution in [1.29, 1.82) is 0 Å². The third-order valence-corrected chi connectivity index (χ3v) is 3.03. The Morgan fingerprint density at radius 1 is 1.33 bits per heavy atom. The van der Waals surface area contributed by atoms with E-state index in [0.29, 0.717) is 6.04 Å². The van der Waals surface area contributed by atoms with Gasteiger partial charge in [-0.3, -0.25) is 9.67 Å². The van der Waals surface area contributed by atoms with Crippen LogP contribution >= 0.6 is 0 Å². The molecular weight excluding hydrogens is 224 g/mol. The number of nitrogens with one attached hydrogen (secondary N) is 1. The van der Waals surface area contributed by atoms with E-state index in [4.69, 9.17) is 0 Å². The Labute approximate surface area is 108 Å². The van der Waals surface area contributed by atoms with Gasteiger partial charge >= 0.3 is 0 Å². The number of aromatic nitrogens is 3. The average molecular weight is 244 g/mol. The maximum atomic E-state index is 4.42. The molecule has 1 N–H and O–H groups in total. The zero-order valence-corrected chi connectivity index (χ0v) is 11.2. The summed E-state index contributed by atoms with van der Waals surface area (Å²) in [6, 6.07) is 6.57. The number of pyridine rings is 1. The first-order valence-electron chi connectivity index (χ1n) is 6.33. The lowest BCUT2D eigenvalue weighted by atomic mass is 10.0. The molecule has 0 saturated carbocycles. The molecule has 2 rings (SSSR count). The molecule has 1 atom stereocenters. The second-order valence-electron chi connectivity index (χ2n) is 4.50. The van der Waals surface area contributed by atoms with E-state index in [2.05, 4.69) is 40.5 Å².